The second kappa shape index (κ2) is 3.80. The first-order valence-electron chi connectivity index (χ1n) is 5.44. The fraction of sp³-hybridized carbons (Fsp3) is 0. The lowest BCUT2D eigenvalue weighted by atomic mass is 10.0. The van der Waals surface area contributed by atoms with Crippen LogP contribution in [0.25, 0.3) is 21.5 Å². The molecule has 0 spiro atoms. The summed E-state index contributed by atoms with van der Waals surface area (Å²) in [4.78, 5) is 0. The molecule has 0 saturated carbocycles. The van der Waals surface area contributed by atoms with Crippen LogP contribution in [0.4, 0.5) is 5.69 Å². The van der Waals surface area contributed by atoms with Gasteiger partial charge in [0.25, 0.3) is 0 Å². The highest BCUT2D eigenvalue weighted by atomic mass is 14.9. The van der Waals surface area contributed by atoms with E-state index in [1.807, 2.05) is 36.5 Å². The molecule has 0 radical (unpaired) electrons. The third-order valence-corrected chi connectivity index (χ3v) is 2.91. The van der Waals surface area contributed by atoms with Gasteiger partial charge in [-0.3, -0.25) is 5.32 Å². The summed E-state index contributed by atoms with van der Waals surface area (Å²) >= 11 is 0. The van der Waals surface area contributed by atoms with Crippen LogP contribution in [0.1, 0.15) is 0 Å². The zero-order chi connectivity index (χ0) is 11.7. The van der Waals surface area contributed by atoms with Gasteiger partial charge in [-0.25, -0.2) is 0 Å². The molecule has 3 rings (SSSR count). The highest BCUT2D eigenvalue weighted by Crippen LogP contribution is 2.25. The molecule has 0 saturated heterocycles. The van der Waals surface area contributed by atoms with Gasteiger partial charge in [0.15, 0.2) is 6.19 Å². The number of nitriles is 1. The highest BCUT2D eigenvalue weighted by molar-refractivity contribution is 5.99. The maximum atomic E-state index is 8.60. The van der Waals surface area contributed by atoms with Crippen LogP contribution in [-0.4, -0.2) is 0 Å². The van der Waals surface area contributed by atoms with Gasteiger partial charge in [-0.2, -0.15) is 5.26 Å². The second-order valence-electron chi connectivity index (χ2n) is 4.00. The molecule has 3 aromatic rings. The monoisotopic (exact) mass is 218 g/mol. The van der Waals surface area contributed by atoms with Crippen LogP contribution in [0.3, 0.4) is 0 Å². The number of anilines is 1. The van der Waals surface area contributed by atoms with Gasteiger partial charge in [0.1, 0.15) is 0 Å². The fourth-order valence-electron chi connectivity index (χ4n) is 2.08. The summed E-state index contributed by atoms with van der Waals surface area (Å²) in [5.41, 5.74) is 0.829. The van der Waals surface area contributed by atoms with Gasteiger partial charge in [0.2, 0.25) is 0 Å². The molecule has 0 aliphatic heterocycles. The van der Waals surface area contributed by atoms with Gasteiger partial charge in [0, 0.05) is 5.69 Å². The quantitative estimate of drug-likeness (QED) is 0.382. The molecule has 0 heterocycles. The van der Waals surface area contributed by atoms with E-state index in [4.69, 9.17) is 5.26 Å². The van der Waals surface area contributed by atoms with Gasteiger partial charge in [-0.15, -0.1) is 0 Å². The lowest BCUT2D eigenvalue weighted by molar-refractivity contribution is 1.48. The summed E-state index contributed by atoms with van der Waals surface area (Å²) in [5, 5.41) is 16.0. The minimum atomic E-state index is 0.829. The lowest BCUT2D eigenvalue weighted by Gasteiger charge is -2.04. The van der Waals surface area contributed by atoms with Crippen LogP contribution in [0.5, 0.6) is 0 Å². The van der Waals surface area contributed by atoms with Crippen LogP contribution in [0.2, 0.25) is 0 Å². The molecule has 0 fully saturated rings. The summed E-state index contributed by atoms with van der Waals surface area (Å²) in [6.07, 6.45) is 1.94. The van der Waals surface area contributed by atoms with E-state index in [9.17, 15) is 0 Å². The Labute approximate surface area is 99.1 Å². The molecule has 80 valence electrons. The lowest BCUT2D eigenvalue weighted by Crippen LogP contribution is -1.86. The third kappa shape index (κ3) is 1.68. The topological polar surface area (TPSA) is 35.8 Å². The van der Waals surface area contributed by atoms with E-state index in [2.05, 4.69) is 29.6 Å². The van der Waals surface area contributed by atoms with Crippen molar-refractivity contribution in [2.75, 3.05) is 5.32 Å². The molecule has 0 bridgehead atoms. The molecular formula is C15H10N2. The normalized spacial score (nSPS) is 10.3. The first-order valence-corrected chi connectivity index (χ1v) is 5.44. The number of hydrogen-bond donors (Lipinski definition) is 1. The smallest absolute Gasteiger partial charge is 0.181 e. The Balaban J connectivity index is 2.29. The zero-order valence-electron chi connectivity index (χ0n) is 9.14. The first-order chi connectivity index (χ1) is 8.36. The summed E-state index contributed by atoms with van der Waals surface area (Å²) in [6, 6.07) is 18.5. The average Bonchev–Trinajstić information content (AvgIpc) is 2.36. The number of nitrogens with zero attached hydrogens (tertiary/aromatic N) is 1. The Morgan fingerprint density at radius 3 is 2.12 bits per heavy atom. The largest absolute Gasteiger partial charge is 0.293 e. The Morgan fingerprint density at radius 1 is 0.765 bits per heavy atom. The average molecular weight is 218 g/mol. The number of fused-ring (bicyclic) bond motifs is 2. The Morgan fingerprint density at radius 2 is 1.41 bits per heavy atom. The van der Waals surface area contributed by atoms with E-state index >= 15 is 0 Å². The number of nitrogens with one attached hydrogen (secondary N) is 1. The summed E-state index contributed by atoms with van der Waals surface area (Å²) in [7, 11) is 0. The first kappa shape index (κ1) is 9.68. The molecule has 17 heavy (non-hydrogen) atoms. The molecule has 0 aliphatic rings. The van der Waals surface area contributed by atoms with Crippen LogP contribution in [-0.2, 0) is 0 Å². The minimum absolute atomic E-state index is 0.829. The highest BCUT2D eigenvalue weighted by Gasteiger charge is 1.98. The number of hydrogen-bond acceptors (Lipinski definition) is 2. The molecule has 0 amide bonds. The predicted octanol–water partition coefficient (Wildman–Crippen LogP) is 3.89. The van der Waals surface area contributed by atoms with E-state index in [0.717, 1.165) is 11.1 Å². The van der Waals surface area contributed by atoms with Gasteiger partial charge >= 0.3 is 0 Å². The van der Waals surface area contributed by atoms with Crippen molar-refractivity contribution in [1.82, 2.24) is 0 Å². The standard InChI is InChI=1S/C15H10N2/c16-10-17-15-6-5-13-7-11-3-1-2-4-12(11)8-14(13)9-15/h1-9,17H. The third-order valence-electron chi connectivity index (χ3n) is 2.91. The Kier molecular flexibility index (Phi) is 2.16. The molecule has 0 aromatic heterocycles. The predicted molar refractivity (Wildman–Crippen MR) is 70.7 cm³/mol. The molecule has 2 nitrogen and oxygen atoms in total. The van der Waals surface area contributed by atoms with Crippen molar-refractivity contribution in [3.63, 3.8) is 0 Å². The number of rotatable bonds is 1. The van der Waals surface area contributed by atoms with Crippen LogP contribution >= 0.6 is 0 Å². The maximum absolute atomic E-state index is 8.60. The fourth-order valence-corrected chi connectivity index (χ4v) is 2.08. The summed E-state index contributed by atoms with van der Waals surface area (Å²) < 4.78 is 0. The summed E-state index contributed by atoms with van der Waals surface area (Å²) in [5.74, 6) is 0. The van der Waals surface area contributed by atoms with Gasteiger partial charge in [-0.1, -0.05) is 30.3 Å². The van der Waals surface area contributed by atoms with Crippen molar-refractivity contribution in [2.24, 2.45) is 0 Å². The van der Waals surface area contributed by atoms with Crippen molar-refractivity contribution >= 4 is 27.2 Å². The van der Waals surface area contributed by atoms with Crippen molar-refractivity contribution < 1.29 is 0 Å². The second-order valence-corrected chi connectivity index (χ2v) is 4.00. The molecule has 0 aliphatic carbocycles. The van der Waals surface area contributed by atoms with Gasteiger partial charge in [-0.05, 0) is 45.8 Å². The van der Waals surface area contributed by atoms with E-state index in [1.54, 1.807) is 0 Å². The van der Waals surface area contributed by atoms with Crippen molar-refractivity contribution in [2.45, 2.75) is 0 Å². The summed E-state index contributed by atoms with van der Waals surface area (Å²) in [6.45, 7) is 0. The zero-order valence-corrected chi connectivity index (χ0v) is 9.14. The molecule has 0 atom stereocenters. The molecule has 3 aromatic carbocycles. The molecule has 1 N–H and O–H groups in total. The van der Waals surface area contributed by atoms with Crippen molar-refractivity contribution in [3.8, 4) is 6.19 Å². The van der Waals surface area contributed by atoms with E-state index in [1.165, 1.54) is 16.2 Å². The van der Waals surface area contributed by atoms with Crippen molar-refractivity contribution in [1.29, 1.82) is 5.26 Å². The van der Waals surface area contributed by atoms with Crippen LogP contribution in [0, 0.1) is 11.5 Å². The van der Waals surface area contributed by atoms with Crippen LogP contribution in [0.15, 0.2) is 54.6 Å². The van der Waals surface area contributed by atoms with E-state index in [0.29, 0.717) is 0 Å². The van der Waals surface area contributed by atoms with E-state index < -0.39 is 0 Å². The Hall–Kier alpha value is -2.53. The molecular weight excluding hydrogens is 208 g/mol. The van der Waals surface area contributed by atoms with Crippen LogP contribution < -0.4 is 5.32 Å². The number of benzene rings is 3. The minimum Gasteiger partial charge on any atom is -0.293 e. The molecule has 0 unspecified atom stereocenters. The van der Waals surface area contributed by atoms with Gasteiger partial charge < -0.3 is 0 Å². The van der Waals surface area contributed by atoms with Gasteiger partial charge in [0.05, 0.1) is 0 Å². The maximum Gasteiger partial charge on any atom is 0.181 e. The van der Waals surface area contributed by atoms with Crippen molar-refractivity contribution in [3.05, 3.63) is 54.6 Å². The SMILES string of the molecule is N#CNc1ccc2cc3ccccc3cc2c1. The van der Waals surface area contributed by atoms with E-state index in [-0.39, 0.29) is 0 Å². The Bertz CT molecular complexity index is 739. The molecule has 2 heteroatoms.